The molecule has 0 saturated carbocycles. The Kier molecular flexibility index (Phi) is 5.33. The molecule has 0 saturated heterocycles. The molecule has 0 fully saturated rings. The molecular formula is C11H12ClN3O4S. The number of hydrogen-bond donors (Lipinski definition) is 2. The van der Waals surface area contributed by atoms with Crippen LogP contribution in [0.5, 0.6) is 0 Å². The zero-order chi connectivity index (χ0) is 15.3. The predicted octanol–water partition coefficient (Wildman–Crippen LogP) is 1.27. The Balaban J connectivity index is 2.83. The van der Waals surface area contributed by atoms with Crippen LogP contribution in [0.4, 0.5) is 5.69 Å². The van der Waals surface area contributed by atoms with E-state index >= 15 is 0 Å². The van der Waals surface area contributed by atoms with Crippen molar-refractivity contribution in [3.05, 3.63) is 28.8 Å². The first kappa shape index (κ1) is 16.2. The van der Waals surface area contributed by atoms with Crippen LogP contribution in [-0.4, -0.2) is 37.4 Å². The number of hydrogen-bond acceptors (Lipinski definition) is 4. The number of carboxylic acids is 1. The largest absolute Gasteiger partial charge is 0.481 e. The molecule has 1 aromatic rings. The van der Waals surface area contributed by atoms with E-state index in [1.54, 1.807) is 0 Å². The van der Waals surface area contributed by atoms with Gasteiger partial charge >= 0.3 is 16.2 Å². The van der Waals surface area contributed by atoms with Crippen LogP contribution >= 0.6 is 11.6 Å². The lowest BCUT2D eigenvalue weighted by Crippen LogP contribution is -2.34. The van der Waals surface area contributed by atoms with E-state index in [1.165, 1.54) is 25.2 Å². The van der Waals surface area contributed by atoms with Crippen molar-refractivity contribution in [2.24, 2.45) is 0 Å². The van der Waals surface area contributed by atoms with Crippen LogP contribution in [0.2, 0.25) is 5.02 Å². The molecule has 0 unspecified atom stereocenters. The minimum Gasteiger partial charge on any atom is -0.481 e. The maximum absolute atomic E-state index is 11.9. The molecule has 0 bridgehead atoms. The number of anilines is 1. The summed E-state index contributed by atoms with van der Waals surface area (Å²) in [6, 6.07) is 5.95. The summed E-state index contributed by atoms with van der Waals surface area (Å²) in [4.78, 5) is 10.4. The van der Waals surface area contributed by atoms with Crippen LogP contribution < -0.4 is 4.72 Å². The third-order valence-corrected chi connectivity index (χ3v) is 4.20. The Morgan fingerprint density at radius 2 is 2.20 bits per heavy atom. The molecule has 0 aromatic heterocycles. The van der Waals surface area contributed by atoms with E-state index in [9.17, 15) is 13.2 Å². The normalized spacial score (nSPS) is 11.1. The van der Waals surface area contributed by atoms with E-state index in [2.05, 4.69) is 4.72 Å². The Morgan fingerprint density at radius 1 is 1.55 bits per heavy atom. The minimum atomic E-state index is -3.87. The molecule has 1 rings (SSSR count). The van der Waals surface area contributed by atoms with Crippen molar-refractivity contribution in [3.8, 4) is 6.07 Å². The molecule has 1 aromatic carbocycles. The molecule has 7 nitrogen and oxygen atoms in total. The van der Waals surface area contributed by atoms with Gasteiger partial charge in [0.1, 0.15) is 6.07 Å². The van der Waals surface area contributed by atoms with E-state index in [1.807, 2.05) is 6.07 Å². The molecule has 9 heteroatoms. The van der Waals surface area contributed by atoms with Crippen LogP contribution in [0, 0.1) is 11.3 Å². The molecule has 108 valence electrons. The summed E-state index contributed by atoms with van der Waals surface area (Å²) in [6.07, 6.45) is -0.300. The van der Waals surface area contributed by atoms with Gasteiger partial charge in [-0.05, 0) is 18.2 Å². The van der Waals surface area contributed by atoms with Crippen molar-refractivity contribution in [1.82, 2.24) is 4.31 Å². The number of benzene rings is 1. The average molecular weight is 318 g/mol. The molecule has 0 amide bonds. The van der Waals surface area contributed by atoms with Crippen molar-refractivity contribution >= 4 is 33.5 Å². The Morgan fingerprint density at radius 3 is 2.70 bits per heavy atom. The summed E-state index contributed by atoms with van der Waals surface area (Å²) in [7, 11) is -2.61. The van der Waals surface area contributed by atoms with Gasteiger partial charge in [0, 0.05) is 13.6 Å². The van der Waals surface area contributed by atoms with Gasteiger partial charge in [0.05, 0.1) is 22.7 Å². The fourth-order valence-electron chi connectivity index (χ4n) is 1.27. The number of carbonyl (C=O) groups is 1. The van der Waals surface area contributed by atoms with Crippen molar-refractivity contribution < 1.29 is 18.3 Å². The van der Waals surface area contributed by atoms with Crippen LogP contribution in [0.25, 0.3) is 0 Å². The molecule has 2 N–H and O–H groups in total. The number of halogens is 1. The number of nitrogens with one attached hydrogen (secondary N) is 1. The lowest BCUT2D eigenvalue weighted by Gasteiger charge is -2.17. The summed E-state index contributed by atoms with van der Waals surface area (Å²) in [6.45, 7) is -0.158. The first-order valence-corrected chi connectivity index (χ1v) is 7.23. The standard InChI is InChI=1S/C11H12ClN3O4S/c1-15(5-4-11(16)17)20(18,19)14-9-3-2-8(7-13)10(12)6-9/h2-3,6,14H,4-5H2,1H3,(H,16,17). The third-order valence-electron chi connectivity index (χ3n) is 2.39. The molecule has 0 aliphatic carbocycles. The quantitative estimate of drug-likeness (QED) is 0.821. The fraction of sp³-hybridized carbons (Fsp3) is 0.273. The van der Waals surface area contributed by atoms with E-state index in [0.29, 0.717) is 0 Å². The Bertz CT molecular complexity index is 654. The van der Waals surface area contributed by atoms with E-state index in [-0.39, 0.29) is 29.2 Å². The van der Waals surface area contributed by atoms with Crippen molar-refractivity contribution in [2.45, 2.75) is 6.42 Å². The first-order chi connectivity index (χ1) is 9.26. The molecular weight excluding hydrogens is 306 g/mol. The average Bonchev–Trinajstić information content (AvgIpc) is 2.35. The van der Waals surface area contributed by atoms with Crippen LogP contribution in [0.1, 0.15) is 12.0 Å². The van der Waals surface area contributed by atoms with Crippen LogP contribution in [0.3, 0.4) is 0 Å². The van der Waals surface area contributed by atoms with E-state index in [4.69, 9.17) is 22.0 Å². The fourth-order valence-corrected chi connectivity index (χ4v) is 2.40. The van der Waals surface area contributed by atoms with Gasteiger partial charge in [-0.2, -0.15) is 18.0 Å². The van der Waals surface area contributed by atoms with Gasteiger partial charge in [0.25, 0.3) is 0 Å². The van der Waals surface area contributed by atoms with Gasteiger partial charge in [-0.15, -0.1) is 0 Å². The highest BCUT2D eigenvalue weighted by atomic mass is 35.5. The molecule has 0 radical (unpaired) electrons. The number of nitrogens with zero attached hydrogens (tertiary/aromatic N) is 2. The first-order valence-electron chi connectivity index (χ1n) is 5.42. The summed E-state index contributed by atoms with van der Waals surface area (Å²) in [5, 5.41) is 17.4. The SMILES string of the molecule is CN(CCC(=O)O)S(=O)(=O)Nc1ccc(C#N)c(Cl)c1. The molecule has 0 aliphatic heterocycles. The molecule has 0 atom stereocenters. The number of nitriles is 1. The van der Waals surface area contributed by atoms with Crippen LogP contribution in [-0.2, 0) is 15.0 Å². The lowest BCUT2D eigenvalue weighted by atomic mass is 10.2. The highest BCUT2D eigenvalue weighted by Gasteiger charge is 2.18. The van der Waals surface area contributed by atoms with Gasteiger partial charge in [0.2, 0.25) is 0 Å². The van der Waals surface area contributed by atoms with E-state index in [0.717, 1.165) is 4.31 Å². The van der Waals surface area contributed by atoms with Gasteiger partial charge in [-0.3, -0.25) is 9.52 Å². The van der Waals surface area contributed by atoms with Gasteiger partial charge < -0.3 is 5.11 Å². The summed E-state index contributed by atoms with van der Waals surface area (Å²) in [5.74, 6) is -1.09. The number of rotatable bonds is 6. The second kappa shape index (κ2) is 6.56. The van der Waals surface area contributed by atoms with E-state index < -0.39 is 16.2 Å². The molecule has 20 heavy (non-hydrogen) atoms. The second-order valence-electron chi connectivity index (χ2n) is 3.88. The number of carboxylic acid groups (broad SMARTS) is 1. The van der Waals surface area contributed by atoms with Crippen molar-refractivity contribution in [3.63, 3.8) is 0 Å². The highest BCUT2D eigenvalue weighted by molar-refractivity contribution is 7.90. The summed E-state index contributed by atoms with van der Waals surface area (Å²) in [5.41, 5.74) is 0.421. The zero-order valence-electron chi connectivity index (χ0n) is 10.5. The summed E-state index contributed by atoms with van der Waals surface area (Å²) < 4.78 is 26.9. The Hall–Kier alpha value is -1.82. The maximum Gasteiger partial charge on any atom is 0.304 e. The monoisotopic (exact) mass is 317 g/mol. The molecule has 0 heterocycles. The lowest BCUT2D eigenvalue weighted by molar-refractivity contribution is -0.137. The second-order valence-corrected chi connectivity index (χ2v) is 6.06. The van der Waals surface area contributed by atoms with Gasteiger partial charge in [-0.25, -0.2) is 0 Å². The number of aliphatic carboxylic acids is 1. The zero-order valence-corrected chi connectivity index (χ0v) is 12.1. The highest BCUT2D eigenvalue weighted by Crippen LogP contribution is 2.21. The maximum atomic E-state index is 11.9. The van der Waals surface area contributed by atoms with Crippen LogP contribution in [0.15, 0.2) is 18.2 Å². The molecule has 0 spiro atoms. The topological polar surface area (TPSA) is 110 Å². The summed E-state index contributed by atoms with van der Waals surface area (Å²) >= 11 is 5.79. The molecule has 0 aliphatic rings. The van der Waals surface area contributed by atoms with Gasteiger partial charge in [0.15, 0.2) is 0 Å². The van der Waals surface area contributed by atoms with Crippen molar-refractivity contribution in [2.75, 3.05) is 18.3 Å². The minimum absolute atomic E-state index is 0.126. The van der Waals surface area contributed by atoms with Crippen molar-refractivity contribution in [1.29, 1.82) is 5.26 Å². The van der Waals surface area contributed by atoms with Gasteiger partial charge in [-0.1, -0.05) is 11.6 Å². The Labute approximate surface area is 121 Å². The third kappa shape index (κ3) is 4.38. The predicted molar refractivity (Wildman–Crippen MR) is 73.6 cm³/mol. The smallest absolute Gasteiger partial charge is 0.304 e.